The van der Waals surface area contributed by atoms with Gasteiger partial charge in [0.15, 0.2) is 0 Å². The van der Waals surface area contributed by atoms with Crippen LogP contribution in [0.15, 0.2) is 53.4 Å². The van der Waals surface area contributed by atoms with Crippen LogP contribution in [0.5, 0.6) is 0 Å². The Hall–Kier alpha value is -1.89. The Morgan fingerprint density at radius 3 is 2.23 bits per heavy atom. The second-order valence-corrected chi connectivity index (χ2v) is 8.63. The molecule has 0 aliphatic heterocycles. The molecule has 0 unspecified atom stereocenters. The molecule has 0 bridgehead atoms. The molecule has 1 aliphatic carbocycles. The number of nitrogens with one attached hydrogen (secondary N) is 2. The smallest absolute Gasteiger partial charge is 0.251 e. The topological polar surface area (TPSA) is 75.3 Å². The second kappa shape index (κ2) is 8.20. The van der Waals surface area contributed by atoms with Gasteiger partial charge in [-0.1, -0.05) is 36.6 Å². The number of benzene rings is 2. The Balaban J connectivity index is 1.58. The highest BCUT2D eigenvalue weighted by atomic mass is 35.5. The molecule has 0 aromatic heterocycles. The predicted octanol–water partition coefficient (Wildman–Crippen LogP) is 3.49. The molecular weight excluding hydrogens is 372 g/mol. The lowest BCUT2D eigenvalue weighted by atomic mass is 10.1. The lowest BCUT2D eigenvalue weighted by molar-refractivity contribution is 0.0938. The highest BCUT2D eigenvalue weighted by Gasteiger charge is 2.18. The van der Waals surface area contributed by atoms with Gasteiger partial charge in [-0.25, -0.2) is 13.1 Å². The average Bonchev–Trinajstić information content (AvgIpc) is 3.14. The first kappa shape index (κ1) is 18.9. The van der Waals surface area contributed by atoms with Crippen LogP contribution in [0.1, 0.15) is 41.6 Å². The largest absolute Gasteiger partial charge is 0.349 e. The number of carbonyl (C=O) groups excluding carboxylic acids is 1. The van der Waals surface area contributed by atoms with Crippen LogP contribution in [0.4, 0.5) is 0 Å². The number of hydrogen-bond donors (Lipinski definition) is 2. The first-order chi connectivity index (χ1) is 12.4. The molecule has 26 heavy (non-hydrogen) atoms. The highest BCUT2D eigenvalue weighted by Crippen LogP contribution is 2.18. The quantitative estimate of drug-likeness (QED) is 0.790. The van der Waals surface area contributed by atoms with Gasteiger partial charge in [0.25, 0.3) is 5.91 Å². The molecule has 7 heteroatoms. The Kier molecular flexibility index (Phi) is 5.96. The van der Waals surface area contributed by atoms with Gasteiger partial charge in [0.05, 0.1) is 4.90 Å². The van der Waals surface area contributed by atoms with E-state index in [4.69, 9.17) is 11.6 Å². The third-order valence-corrected chi connectivity index (χ3v) is 6.17. The fourth-order valence-corrected chi connectivity index (χ4v) is 4.13. The molecule has 0 atom stereocenters. The third kappa shape index (κ3) is 4.84. The minimum Gasteiger partial charge on any atom is -0.349 e. The van der Waals surface area contributed by atoms with E-state index in [2.05, 4.69) is 10.0 Å². The molecule has 2 N–H and O–H groups in total. The fraction of sp³-hybridized carbons (Fsp3) is 0.316. The maximum absolute atomic E-state index is 12.3. The number of hydrogen-bond acceptors (Lipinski definition) is 3. The van der Waals surface area contributed by atoms with Crippen molar-refractivity contribution in [2.24, 2.45) is 0 Å². The summed E-state index contributed by atoms with van der Waals surface area (Å²) >= 11 is 5.78. The SMILES string of the molecule is O=C(NC1CCCC1)c1ccc(CNS(=O)(=O)c2ccc(Cl)cc2)cc1. The Morgan fingerprint density at radius 1 is 1.00 bits per heavy atom. The predicted molar refractivity (Wildman–Crippen MR) is 102 cm³/mol. The summed E-state index contributed by atoms with van der Waals surface area (Å²) in [4.78, 5) is 12.4. The van der Waals surface area contributed by atoms with Gasteiger partial charge in [0, 0.05) is 23.2 Å². The van der Waals surface area contributed by atoms with Crippen molar-refractivity contribution in [3.8, 4) is 0 Å². The van der Waals surface area contributed by atoms with Crippen LogP contribution in [-0.4, -0.2) is 20.4 Å². The molecule has 2 aromatic carbocycles. The maximum Gasteiger partial charge on any atom is 0.251 e. The van der Waals surface area contributed by atoms with Crippen molar-refractivity contribution in [2.45, 2.75) is 43.2 Å². The first-order valence-corrected chi connectivity index (χ1v) is 10.5. The summed E-state index contributed by atoms with van der Waals surface area (Å²) in [6.45, 7) is 0.148. The number of halogens is 1. The molecule has 0 saturated heterocycles. The van der Waals surface area contributed by atoms with E-state index in [9.17, 15) is 13.2 Å². The number of carbonyl (C=O) groups is 1. The molecule has 138 valence electrons. The summed E-state index contributed by atoms with van der Waals surface area (Å²) in [5.41, 5.74) is 1.36. The lowest BCUT2D eigenvalue weighted by Gasteiger charge is -2.12. The Morgan fingerprint density at radius 2 is 1.62 bits per heavy atom. The second-order valence-electron chi connectivity index (χ2n) is 6.43. The van der Waals surface area contributed by atoms with Gasteiger partial charge in [-0.2, -0.15) is 0 Å². The molecule has 0 radical (unpaired) electrons. The summed E-state index contributed by atoms with van der Waals surface area (Å²) in [6, 6.07) is 13.2. The van der Waals surface area contributed by atoms with E-state index in [1.54, 1.807) is 24.3 Å². The molecular formula is C19H21ClN2O3S. The zero-order valence-corrected chi connectivity index (χ0v) is 15.8. The summed E-state index contributed by atoms with van der Waals surface area (Å²) in [6.07, 6.45) is 4.40. The van der Waals surface area contributed by atoms with Crippen LogP contribution in [0.25, 0.3) is 0 Å². The summed E-state index contributed by atoms with van der Waals surface area (Å²) in [7, 11) is -3.61. The maximum atomic E-state index is 12.3. The molecule has 5 nitrogen and oxygen atoms in total. The normalized spacial score (nSPS) is 15.1. The first-order valence-electron chi connectivity index (χ1n) is 8.59. The van der Waals surface area contributed by atoms with Crippen molar-refractivity contribution in [2.75, 3.05) is 0 Å². The minimum absolute atomic E-state index is 0.0785. The van der Waals surface area contributed by atoms with Crippen LogP contribution in [0, 0.1) is 0 Å². The van der Waals surface area contributed by atoms with Crippen LogP contribution in [0.3, 0.4) is 0 Å². The lowest BCUT2D eigenvalue weighted by Crippen LogP contribution is -2.32. The molecule has 1 saturated carbocycles. The van der Waals surface area contributed by atoms with Gasteiger partial charge < -0.3 is 5.32 Å². The van der Waals surface area contributed by atoms with Gasteiger partial charge in [-0.15, -0.1) is 0 Å². The van der Waals surface area contributed by atoms with Crippen LogP contribution >= 0.6 is 11.6 Å². The van der Waals surface area contributed by atoms with Crippen molar-refractivity contribution < 1.29 is 13.2 Å². The standard InChI is InChI=1S/C19H21ClN2O3S/c20-16-9-11-18(12-10-16)26(24,25)21-13-14-5-7-15(8-6-14)19(23)22-17-3-1-2-4-17/h5-12,17,21H,1-4,13H2,(H,22,23). The Bertz CT molecular complexity index is 859. The van der Waals surface area contributed by atoms with Gasteiger partial charge in [-0.3, -0.25) is 4.79 Å². The average molecular weight is 393 g/mol. The molecule has 1 fully saturated rings. The van der Waals surface area contributed by atoms with E-state index in [1.165, 1.54) is 24.3 Å². The third-order valence-electron chi connectivity index (χ3n) is 4.50. The van der Waals surface area contributed by atoms with E-state index in [0.717, 1.165) is 31.2 Å². The van der Waals surface area contributed by atoms with Crippen LogP contribution < -0.4 is 10.0 Å². The van der Waals surface area contributed by atoms with E-state index >= 15 is 0 Å². The molecule has 3 rings (SSSR count). The summed E-state index contributed by atoms with van der Waals surface area (Å²) in [5.74, 6) is -0.0785. The van der Waals surface area contributed by atoms with Crippen molar-refractivity contribution in [1.29, 1.82) is 0 Å². The molecule has 0 spiro atoms. The van der Waals surface area contributed by atoms with E-state index < -0.39 is 10.0 Å². The van der Waals surface area contributed by atoms with Gasteiger partial charge in [-0.05, 0) is 54.8 Å². The van der Waals surface area contributed by atoms with Crippen molar-refractivity contribution in [3.63, 3.8) is 0 Å². The van der Waals surface area contributed by atoms with Crippen LogP contribution in [-0.2, 0) is 16.6 Å². The zero-order valence-electron chi connectivity index (χ0n) is 14.2. The molecule has 2 aromatic rings. The van der Waals surface area contributed by atoms with Crippen LogP contribution in [0.2, 0.25) is 5.02 Å². The van der Waals surface area contributed by atoms with Gasteiger partial charge in [0.2, 0.25) is 10.0 Å². The number of rotatable bonds is 6. The number of amides is 1. The zero-order chi connectivity index (χ0) is 18.6. The summed E-state index contributed by atoms with van der Waals surface area (Å²) in [5, 5.41) is 3.52. The minimum atomic E-state index is -3.61. The van der Waals surface area contributed by atoms with E-state index in [-0.39, 0.29) is 23.4 Å². The molecule has 0 heterocycles. The monoisotopic (exact) mass is 392 g/mol. The van der Waals surface area contributed by atoms with E-state index in [0.29, 0.717) is 10.6 Å². The molecule has 1 aliphatic rings. The Labute approximate surface area is 158 Å². The van der Waals surface area contributed by atoms with Crippen molar-refractivity contribution in [1.82, 2.24) is 10.0 Å². The van der Waals surface area contributed by atoms with E-state index in [1.807, 2.05) is 0 Å². The molecule has 1 amide bonds. The van der Waals surface area contributed by atoms with Gasteiger partial charge in [0.1, 0.15) is 0 Å². The van der Waals surface area contributed by atoms with Gasteiger partial charge >= 0.3 is 0 Å². The highest BCUT2D eigenvalue weighted by molar-refractivity contribution is 7.89. The number of sulfonamides is 1. The summed E-state index contributed by atoms with van der Waals surface area (Å²) < 4.78 is 27.1. The van der Waals surface area contributed by atoms with Crippen molar-refractivity contribution in [3.05, 3.63) is 64.7 Å². The van der Waals surface area contributed by atoms with Crippen molar-refractivity contribution >= 4 is 27.5 Å². The fourth-order valence-electron chi connectivity index (χ4n) is 2.99.